The summed E-state index contributed by atoms with van der Waals surface area (Å²) in [4.78, 5) is 40.5. The van der Waals surface area contributed by atoms with Crippen LogP contribution in [0.4, 0.5) is 4.79 Å². The highest BCUT2D eigenvalue weighted by molar-refractivity contribution is 5.94. The number of esters is 1. The molecule has 1 aliphatic heterocycles. The highest BCUT2D eigenvalue weighted by atomic mass is 16.8. The number of aliphatic hydroxyl groups is 4. The number of hydrogen-bond donors (Lipinski definition) is 4. The van der Waals surface area contributed by atoms with E-state index in [1.165, 1.54) is 19.1 Å². The van der Waals surface area contributed by atoms with Gasteiger partial charge in [0.15, 0.2) is 11.4 Å². The summed E-state index contributed by atoms with van der Waals surface area (Å²) in [6, 6.07) is 8.02. The van der Waals surface area contributed by atoms with E-state index in [1.54, 1.807) is 39.0 Å². The van der Waals surface area contributed by atoms with Gasteiger partial charge in [-0.15, -0.1) is 0 Å². The molecule has 5 rings (SSSR count). The molecule has 4 N–H and O–H groups in total. The van der Waals surface area contributed by atoms with Crippen LogP contribution in [-0.4, -0.2) is 93.8 Å². The van der Waals surface area contributed by atoms with Crippen LogP contribution in [0.2, 0.25) is 0 Å². The smallest absolute Gasteiger partial charge is 0.455 e. The van der Waals surface area contributed by atoms with Crippen molar-refractivity contribution in [3.05, 3.63) is 47.0 Å². The zero-order valence-corrected chi connectivity index (χ0v) is 23.1. The molecule has 11 heteroatoms. The van der Waals surface area contributed by atoms with Crippen LogP contribution >= 0.6 is 0 Å². The standard InChI is InChI=1S/C29H36O11/c1-14-16(30)12-29(36)23(39-24(34)15-9-7-6-8-10-15)21-27(4,22(33)20(32)19(14)26(29,2)3)17(31)11-18-28(21,13-38-18)40-25(35)37-5/h6-10,16-18,20-21,23,30-32,36H,11-13H2,1-5H3/t16?,17?,18?,20?,21?,23?,27-,28+,29?/m1/s1. The second-order valence-corrected chi connectivity index (χ2v) is 12.1. The fraction of sp³-hybridized carbons (Fsp3) is 0.621. The summed E-state index contributed by atoms with van der Waals surface area (Å²) in [6.07, 6.45) is -8.67. The molecule has 11 nitrogen and oxygen atoms in total. The van der Waals surface area contributed by atoms with Gasteiger partial charge in [-0.3, -0.25) is 4.79 Å². The van der Waals surface area contributed by atoms with Crippen LogP contribution in [0.5, 0.6) is 0 Å². The van der Waals surface area contributed by atoms with Crippen molar-refractivity contribution < 1.29 is 53.8 Å². The lowest BCUT2D eigenvalue weighted by Crippen LogP contribution is -2.81. The van der Waals surface area contributed by atoms with E-state index in [9.17, 15) is 34.8 Å². The molecule has 7 unspecified atom stereocenters. The van der Waals surface area contributed by atoms with E-state index in [4.69, 9.17) is 18.9 Å². The van der Waals surface area contributed by atoms with Crippen molar-refractivity contribution in [1.29, 1.82) is 0 Å². The van der Waals surface area contributed by atoms with Gasteiger partial charge in [0.1, 0.15) is 23.9 Å². The Hall–Kier alpha value is -2.83. The van der Waals surface area contributed by atoms with Gasteiger partial charge in [0.05, 0.1) is 42.8 Å². The SMILES string of the molecule is COC(=O)O[C@@]12COC1CC(O)[C@@]1(C)C(=O)C(O)C3=C(C)C(O)CC(O)(C(OC(=O)c4ccccc4)C21)C3(C)C. The molecule has 0 spiro atoms. The second-order valence-electron chi connectivity index (χ2n) is 12.1. The summed E-state index contributed by atoms with van der Waals surface area (Å²) >= 11 is 0. The maximum Gasteiger partial charge on any atom is 0.508 e. The average molecular weight is 561 g/mol. The first-order chi connectivity index (χ1) is 18.7. The van der Waals surface area contributed by atoms with E-state index in [-0.39, 0.29) is 30.6 Å². The number of carbonyl (C=O) groups excluding carboxylic acids is 3. The molecule has 218 valence electrons. The predicted molar refractivity (Wildman–Crippen MR) is 137 cm³/mol. The minimum absolute atomic E-state index is 0.0845. The maximum absolute atomic E-state index is 14.3. The van der Waals surface area contributed by atoms with Gasteiger partial charge in [0.2, 0.25) is 0 Å². The molecule has 1 saturated heterocycles. The number of hydrogen-bond acceptors (Lipinski definition) is 11. The van der Waals surface area contributed by atoms with Crippen molar-refractivity contribution in [1.82, 2.24) is 0 Å². The van der Waals surface area contributed by atoms with E-state index in [1.807, 2.05) is 0 Å². The zero-order chi connectivity index (χ0) is 29.4. The molecule has 9 atom stereocenters. The van der Waals surface area contributed by atoms with Crippen LogP contribution in [0, 0.1) is 16.7 Å². The average Bonchev–Trinajstić information content (AvgIpc) is 2.91. The predicted octanol–water partition coefficient (Wildman–Crippen LogP) is 1.30. The van der Waals surface area contributed by atoms with Crippen molar-refractivity contribution in [2.75, 3.05) is 13.7 Å². The third-order valence-electron chi connectivity index (χ3n) is 10.1. The van der Waals surface area contributed by atoms with E-state index < -0.39 is 76.4 Å². The van der Waals surface area contributed by atoms with Gasteiger partial charge in [-0.1, -0.05) is 32.0 Å². The number of ether oxygens (including phenoxy) is 4. The van der Waals surface area contributed by atoms with Gasteiger partial charge in [-0.2, -0.15) is 0 Å². The molecular weight excluding hydrogens is 524 g/mol. The number of Topliss-reactive ketones (excluding diaryl/α,β-unsaturated/α-hetero) is 1. The number of fused-ring (bicyclic) bond motifs is 5. The quantitative estimate of drug-likeness (QED) is 0.311. The van der Waals surface area contributed by atoms with Crippen LogP contribution in [0.1, 0.15) is 50.9 Å². The Morgan fingerprint density at radius 1 is 1.07 bits per heavy atom. The third kappa shape index (κ3) is 3.64. The van der Waals surface area contributed by atoms with Crippen LogP contribution in [0.15, 0.2) is 41.5 Å². The molecule has 0 aromatic heterocycles. The normalized spacial score (nSPS) is 41.9. The molecule has 2 saturated carbocycles. The Kier molecular flexibility index (Phi) is 6.71. The molecule has 3 fully saturated rings. The topological polar surface area (TPSA) is 169 Å². The van der Waals surface area contributed by atoms with Crippen molar-refractivity contribution in [2.24, 2.45) is 16.7 Å². The van der Waals surface area contributed by atoms with Crippen LogP contribution in [-0.2, 0) is 23.7 Å². The minimum Gasteiger partial charge on any atom is -0.455 e. The first-order valence-corrected chi connectivity index (χ1v) is 13.3. The van der Waals surface area contributed by atoms with Crippen LogP contribution < -0.4 is 0 Å². The first kappa shape index (κ1) is 28.7. The van der Waals surface area contributed by atoms with E-state index in [0.717, 1.165) is 7.11 Å². The number of rotatable bonds is 3. The van der Waals surface area contributed by atoms with E-state index >= 15 is 0 Å². The molecule has 2 bridgehead atoms. The van der Waals surface area contributed by atoms with E-state index in [2.05, 4.69) is 0 Å². The summed E-state index contributed by atoms with van der Waals surface area (Å²) in [5.74, 6) is -3.06. The molecule has 4 aliphatic rings. The number of methoxy groups -OCH3 is 1. The van der Waals surface area contributed by atoms with Gasteiger partial charge in [0, 0.05) is 18.3 Å². The number of benzene rings is 1. The second kappa shape index (κ2) is 9.35. The monoisotopic (exact) mass is 560 g/mol. The highest BCUT2D eigenvalue weighted by Crippen LogP contribution is 2.63. The molecule has 3 aliphatic carbocycles. The van der Waals surface area contributed by atoms with Gasteiger partial charge < -0.3 is 39.4 Å². The molecule has 0 radical (unpaired) electrons. The van der Waals surface area contributed by atoms with Crippen molar-refractivity contribution in [3.8, 4) is 0 Å². The minimum atomic E-state index is -2.11. The molecule has 0 amide bonds. The first-order valence-electron chi connectivity index (χ1n) is 13.3. The number of carbonyl (C=O) groups is 3. The van der Waals surface area contributed by atoms with Crippen molar-refractivity contribution in [3.63, 3.8) is 0 Å². The maximum atomic E-state index is 14.3. The summed E-state index contributed by atoms with van der Waals surface area (Å²) in [5, 5.41) is 46.8. The van der Waals surface area contributed by atoms with Crippen molar-refractivity contribution in [2.45, 2.75) is 82.3 Å². The molecule has 1 aromatic rings. The fourth-order valence-corrected chi connectivity index (χ4v) is 7.59. The van der Waals surface area contributed by atoms with Gasteiger partial charge in [0.25, 0.3) is 0 Å². The molecule has 1 heterocycles. The Balaban J connectivity index is 1.81. The van der Waals surface area contributed by atoms with Crippen LogP contribution in [0.25, 0.3) is 0 Å². The van der Waals surface area contributed by atoms with Crippen LogP contribution in [0.3, 0.4) is 0 Å². The summed E-state index contributed by atoms with van der Waals surface area (Å²) in [6.45, 7) is 5.94. The Bertz CT molecular complexity index is 1260. The highest BCUT2D eigenvalue weighted by Gasteiger charge is 2.78. The Morgan fingerprint density at radius 2 is 1.73 bits per heavy atom. The number of ketones is 1. The third-order valence-corrected chi connectivity index (χ3v) is 10.1. The van der Waals surface area contributed by atoms with Gasteiger partial charge >= 0.3 is 12.1 Å². The fourth-order valence-electron chi connectivity index (χ4n) is 7.59. The lowest BCUT2D eigenvalue weighted by molar-refractivity contribution is -0.344. The Morgan fingerprint density at radius 3 is 2.30 bits per heavy atom. The largest absolute Gasteiger partial charge is 0.508 e. The summed E-state index contributed by atoms with van der Waals surface area (Å²) in [7, 11) is 1.11. The molecule has 1 aromatic carbocycles. The lowest BCUT2D eigenvalue weighted by atomic mass is 9.44. The van der Waals surface area contributed by atoms with Gasteiger partial charge in [-0.25, -0.2) is 9.59 Å². The molecular formula is C29H36O11. The van der Waals surface area contributed by atoms with Crippen molar-refractivity contribution >= 4 is 17.9 Å². The lowest BCUT2D eigenvalue weighted by Gasteiger charge is -2.67. The summed E-state index contributed by atoms with van der Waals surface area (Å²) in [5.41, 5.74) is -6.56. The zero-order valence-electron chi connectivity index (χ0n) is 23.1. The molecule has 40 heavy (non-hydrogen) atoms. The summed E-state index contributed by atoms with van der Waals surface area (Å²) < 4.78 is 22.4. The number of aliphatic hydroxyl groups excluding tert-OH is 3. The van der Waals surface area contributed by atoms with E-state index in [0.29, 0.717) is 5.57 Å². The van der Waals surface area contributed by atoms with Gasteiger partial charge in [-0.05, 0) is 37.1 Å². The Labute approximate surface area is 231 Å².